The van der Waals surface area contributed by atoms with Crippen LogP contribution < -0.4 is 10.3 Å². The zero-order valence-electron chi connectivity index (χ0n) is 18.9. The molecule has 1 fully saturated rings. The molecule has 0 bridgehead atoms. The van der Waals surface area contributed by atoms with Crippen molar-refractivity contribution < 1.29 is 4.79 Å². The number of piperazine rings is 1. The molecule has 1 amide bonds. The molecule has 0 aromatic heterocycles. The van der Waals surface area contributed by atoms with E-state index in [2.05, 4.69) is 75.9 Å². The molecule has 1 N–H and O–H groups in total. The predicted octanol–water partition coefficient (Wildman–Crippen LogP) is 4.79. The van der Waals surface area contributed by atoms with E-state index in [1.807, 2.05) is 43.2 Å². The molecule has 0 aliphatic carbocycles. The van der Waals surface area contributed by atoms with Crippen molar-refractivity contribution in [3.63, 3.8) is 0 Å². The summed E-state index contributed by atoms with van der Waals surface area (Å²) < 4.78 is 0. The second-order valence-corrected chi connectivity index (χ2v) is 8.07. The van der Waals surface area contributed by atoms with Crippen molar-refractivity contribution in [2.24, 2.45) is 0 Å². The first kappa shape index (κ1) is 22.1. The number of hydrogen-bond acceptors (Lipinski definition) is 4. The lowest BCUT2D eigenvalue weighted by Crippen LogP contribution is -2.56. The van der Waals surface area contributed by atoms with Crippen LogP contribution in [0.15, 0.2) is 84.9 Å². The maximum atomic E-state index is 12.9. The van der Waals surface area contributed by atoms with Crippen LogP contribution in [0.25, 0.3) is 0 Å². The number of rotatable bonds is 7. The molecule has 0 atom stereocenters. The average molecular weight is 429 g/mol. The third-order valence-electron chi connectivity index (χ3n) is 6.09. The van der Waals surface area contributed by atoms with Gasteiger partial charge in [0, 0.05) is 45.3 Å². The van der Waals surface area contributed by atoms with Crippen molar-refractivity contribution in [2.75, 3.05) is 43.6 Å². The number of benzene rings is 3. The number of nitrogens with one attached hydrogen (secondary N) is 1. The molecule has 5 nitrogen and oxygen atoms in total. The Bertz CT molecular complexity index is 961. The zero-order chi connectivity index (χ0) is 22.3. The summed E-state index contributed by atoms with van der Waals surface area (Å²) in [5.41, 5.74) is 4.52. The first-order chi connectivity index (χ1) is 15.7. The average Bonchev–Trinajstić information content (AvgIpc) is 2.86. The van der Waals surface area contributed by atoms with Gasteiger partial charge in [-0.3, -0.25) is 9.69 Å². The monoisotopic (exact) mass is 428 g/mol. The largest absolute Gasteiger partial charge is 0.388 e. The molecule has 1 heterocycles. The molecular weight excluding hydrogens is 396 g/mol. The van der Waals surface area contributed by atoms with Crippen LogP contribution in [0.4, 0.5) is 11.4 Å². The van der Waals surface area contributed by atoms with Gasteiger partial charge in [0.2, 0.25) is 5.91 Å². The van der Waals surface area contributed by atoms with Crippen LogP contribution in [0.1, 0.15) is 30.5 Å². The first-order valence-electron chi connectivity index (χ1n) is 11.4. The molecule has 1 aliphatic rings. The van der Waals surface area contributed by atoms with Gasteiger partial charge in [-0.1, -0.05) is 73.7 Å². The summed E-state index contributed by atoms with van der Waals surface area (Å²) in [7, 11) is 1.90. The van der Waals surface area contributed by atoms with Crippen LogP contribution in [-0.4, -0.2) is 49.0 Å². The first-order valence-corrected chi connectivity index (χ1v) is 11.4. The Balaban J connectivity index is 1.56. The van der Waals surface area contributed by atoms with E-state index in [9.17, 15) is 4.79 Å². The summed E-state index contributed by atoms with van der Waals surface area (Å²) >= 11 is 0. The molecule has 0 spiro atoms. The van der Waals surface area contributed by atoms with E-state index >= 15 is 0 Å². The SMILES string of the molecule is CCC(=O)N(c1cccc(NC)c1)N1CCN(C(c2ccccc2)c2ccccc2)CC1. The van der Waals surface area contributed by atoms with Crippen LogP contribution in [0.2, 0.25) is 0 Å². The van der Waals surface area contributed by atoms with Gasteiger partial charge in [-0.05, 0) is 29.3 Å². The molecule has 3 aromatic carbocycles. The summed E-state index contributed by atoms with van der Waals surface area (Å²) in [6.45, 7) is 5.28. The highest BCUT2D eigenvalue weighted by molar-refractivity contribution is 5.92. The van der Waals surface area contributed by atoms with E-state index in [4.69, 9.17) is 0 Å². The maximum absolute atomic E-state index is 12.9. The van der Waals surface area contributed by atoms with Gasteiger partial charge in [0.1, 0.15) is 0 Å². The topological polar surface area (TPSA) is 38.8 Å². The van der Waals surface area contributed by atoms with Crippen molar-refractivity contribution in [1.82, 2.24) is 9.91 Å². The molecular formula is C27H32N4O. The van der Waals surface area contributed by atoms with Crippen molar-refractivity contribution >= 4 is 17.3 Å². The number of anilines is 2. The van der Waals surface area contributed by atoms with Crippen LogP contribution in [0.3, 0.4) is 0 Å². The molecule has 166 valence electrons. The van der Waals surface area contributed by atoms with E-state index in [0.29, 0.717) is 6.42 Å². The highest BCUT2D eigenvalue weighted by atomic mass is 16.2. The van der Waals surface area contributed by atoms with E-state index in [1.165, 1.54) is 11.1 Å². The third-order valence-corrected chi connectivity index (χ3v) is 6.09. The summed E-state index contributed by atoms with van der Waals surface area (Å²) in [5.74, 6) is 0.120. The summed E-state index contributed by atoms with van der Waals surface area (Å²) in [5, 5.41) is 7.25. The fraction of sp³-hybridized carbons (Fsp3) is 0.296. The fourth-order valence-corrected chi connectivity index (χ4v) is 4.46. The molecule has 1 aliphatic heterocycles. The second kappa shape index (κ2) is 10.4. The van der Waals surface area contributed by atoms with Crippen molar-refractivity contribution in [2.45, 2.75) is 19.4 Å². The van der Waals surface area contributed by atoms with E-state index in [0.717, 1.165) is 37.6 Å². The number of nitrogens with zero attached hydrogens (tertiary/aromatic N) is 3. The molecule has 3 aromatic rings. The molecule has 0 radical (unpaired) electrons. The molecule has 0 saturated carbocycles. The van der Waals surface area contributed by atoms with Crippen molar-refractivity contribution in [3.05, 3.63) is 96.1 Å². The lowest BCUT2D eigenvalue weighted by Gasteiger charge is -2.43. The Morgan fingerprint density at radius 3 is 2.00 bits per heavy atom. The van der Waals surface area contributed by atoms with E-state index in [1.54, 1.807) is 0 Å². The minimum absolute atomic E-state index is 0.120. The van der Waals surface area contributed by atoms with Gasteiger partial charge in [-0.25, -0.2) is 10.0 Å². The Kier molecular flexibility index (Phi) is 7.20. The van der Waals surface area contributed by atoms with Gasteiger partial charge >= 0.3 is 0 Å². The molecule has 1 saturated heterocycles. The zero-order valence-corrected chi connectivity index (χ0v) is 18.9. The van der Waals surface area contributed by atoms with Crippen molar-refractivity contribution in [3.8, 4) is 0 Å². The Labute approximate surface area is 191 Å². The minimum Gasteiger partial charge on any atom is -0.388 e. The predicted molar refractivity (Wildman–Crippen MR) is 132 cm³/mol. The second-order valence-electron chi connectivity index (χ2n) is 8.07. The summed E-state index contributed by atoms with van der Waals surface area (Å²) in [4.78, 5) is 15.4. The van der Waals surface area contributed by atoms with Crippen LogP contribution in [0.5, 0.6) is 0 Å². The number of carbonyl (C=O) groups is 1. The van der Waals surface area contributed by atoms with Gasteiger partial charge in [0.05, 0.1) is 11.7 Å². The Morgan fingerprint density at radius 1 is 0.875 bits per heavy atom. The van der Waals surface area contributed by atoms with Crippen molar-refractivity contribution in [1.29, 1.82) is 0 Å². The van der Waals surface area contributed by atoms with Crippen LogP contribution in [0, 0.1) is 0 Å². The minimum atomic E-state index is 0.120. The highest BCUT2D eigenvalue weighted by Gasteiger charge is 2.30. The lowest BCUT2D eigenvalue weighted by molar-refractivity contribution is -0.122. The summed E-state index contributed by atoms with van der Waals surface area (Å²) in [6.07, 6.45) is 0.473. The standard InChI is InChI=1S/C27H32N4O/c1-3-26(32)31(25-16-10-15-24(21-25)28-2)30-19-17-29(18-20-30)27(22-11-6-4-7-12-22)23-13-8-5-9-14-23/h4-16,21,27-28H,3,17-20H2,1-2H3. The van der Waals surface area contributed by atoms with Gasteiger partial charge in [-0.15, -0.1) is 0 Å². The fourth-order valence-electron chi connectivity index (χ4n) is 4.46. The molecule has 4 rings (SSSR count). The van der Waals surface area contributed by atoms with Gasteiger partial charge in [0.15, 0.2) is 0 Å². The van der Waals surface area contributed by atoms with E-state index in [-0.39, 0.29) is 11.9 Å². The third kappa shape index (κ3) is 4.85. The Hall–Kier alpha value is -3.15. The summed E-state index contributed by atoms with van der Waals surface area (Å²) in [6, 6.07) is 29.7. The highest BCUT2D eigenvalue weighted by Crippen LogP contribution is 2.30. The quantitative estimate of drug-likeness (QED) is 0.587. The van der Waals surface area contributed by atoms with E-state index < -0.39 is 0 Å². The van der Waals surface area contributed by atoms with Gasteiger partial charge in [0.25, 0.3) is 0 Å². The normalized spacial score (nSPS) is 15.0. The number of carbonyl (C=O) groups excluding carboxylic acids is 1. The lowest BCUT2D eigenvalue weighted by atomic mass is 9.96. The number of hydrogen-bond donors (Lipinski definition) is 1. The van der Waals surface area contributed by atoms with Crippen LogP contribution in [-0.2, 0) is 4.79 Å². The molecule has 32 heavy (non-hydrogen) atoms. The number of hydrazine groups is 1. The molecule has 5 heteroatoms. The number of amides is 1. The smallest absolute Gasteiger partial charge is 0.241 e. The van der Waals surface area contributed by atoms with Crippen LogP contribution >= 0.6 is 0 Å². The maximum Gasteiger partial charge on any atom is 0.241 e. The van der Waals surface area contributed by atoms with Gasteiger partial charge in [-0.2, -0.15) is 0 Å². The Morgan fingerprint density at radius 2 is 1.47 bits per heavy atom. The van der Waals surface area contributed by atoms with Gasteiger partial charge < -0.3 is 5.32 Å². The molecule has 0 unspecified atom stereocenters.